The predicted molar refractivity (Wildman–Crippen MR) is 69.1 cm³/mol. The highest BCUT2D eigenvalue weighted by Gasteiger charge is 2.10. The Labute approximate surface area is 100 Å². The number of nitrogens with zero attached hydrogens (tertiary/aromatic N) is 2. The van der Waals surface area contributed by atoms with Crippen molar-refractivity contribution in [2.24, 2.45) is 0 Å². The zero-order chi connectivity index (χ0) is 9.80. The van der Waals surface area contributed by atoms with Gasteiger partial charge in [-0.25, -0.2) is 4.98 Å². The fraction of sp³-hybridized carbons (Fsp3) is 0.444. The Morgan fingerprint density at radius 1 is 1.21 bits per heavy atom. The second-order valence-corrected chi connectivity index (χ2v) is 6.58. The van der Waals surface area contributed by atoms with Crippen LogP contribution in [-0.4, -0.2) is 29.6 Å². The molecule has 1 aromatic heterocycles. The fourth-order valence-corrected chi connectivity index (χ4v) is 3.52. The van der Waals surface area contributed by atoms with Crippen LogP contribution >= 0.6 is 37.5 Å². The van der Waals surface area contributed by atoms with E-state index in [-0.39, 0.29) is 0 Å². The van der Waals surface area contributed by atoms with Crippen molar-refractivity contribution in [1.82, 2.24) is 4.98 Å². The molecule has 0 bridgehead atoms. The first-order chi connectivity index (χ1) is 6.86. The summed E-state index contributed by atoms with van der Waals surface area (Å²) in [6.45, 7) is 2.21. The van der Waals surface area contributed by atoms with E-state index in [2.05, 4.69) is 31.9 Å². The van der Waals surface area contributed by atoms with E-state index >= 15 is 0 Å². The molecule has 76 valence electrons. The molecule has 0 saturated carbocycles. The van der Waals surface area contributed by atoms with Crippen LogP contribution in [0.5, 0.6) is 0 Å². The van der Waals surface area contributed by atoms with Crippen molar-refractivity contribution in [3.05, 3.63) is 22.8 Å². The normalized spacial score (nSPS) is 17.9. The third-order valence-corrected chi connectivity index (χ3v) is 4.84. The van der Waals surface area contributed by atoms with Gasteiger partial charge >= 0.3 is 0 Å². The molecule has 1 aromatic rings. The third-order valence-electron chi connectivity index (χ3n) is 2.01. The van der Waals surface area contributed by atoms with E-state index < -0.39 is 0 Å². The number of hydrogen-bond acceptors (Lipinski definition) is 4. The van der Waals surface area contributed by atoms with Crippen molar-refractivity contribution >= 4 is 43.3 Å². The summed E-state index contributed by atoms with van der Waals surface area (Å²) in [5.41, 5.74) is 0. The van der Waals surface area contributed by atoms with E-state index in [9.17, 15) is 0 Å². The number of pyridine rings is 1. The highest BCUT2D eigenvalue weighted by Crippen LogP contribution is 2.26. The lowest BCUT2D eigenvalue weighted by Crippen LogP contribution is -2.27. The van der Waals surface area contributed by atoms with Crippen LogP contribution < -0.4 is 4.90 Å². The molecule has 0 N–H and O–H groups in total. The van der Waals surface area contributed by atoms with Gasteiger partial charge in [-0.2, -0.15) is 0 Å². The van der Waals surface area contributed by atoms with Crippen LogP contribution in [-0.2, 0) is 0 Å². The highest BCUT2D eigenvalue weighted by molar-refractivity contribution is 9.10. The van der Waals surface area contributed by atoms with Crippen molar-refractivity contribution in [2.45, 2.75) is 0 Å². The summed E-state index contributed by atoms with van der Waals surface area (Å²) < 4.78 is 1.04. The van der Waals surface area contributed by atoms with Gasteiger partial charge in [-0.05, 0) is 28.1 Å². The van der Waals surface area contributed by atoms with E-state index in [0.717, 1.165) is 23.4 Å². The molecule has 0 amide bonds. The zero-order valence-electron chi connectivity index (χ0n) is 7.65. The number of aromatic nitrogens is 1. The summed E-state index contributed by atoms with van der Waals surface area (Å²) in [5.74, 6) is 3.46. The van der Waals surface area contributed by atoms with Gasteiger partial charge in [0.15, 0.2) is 0 Å². The molecule has 1 aliphatic rings. The van der Waals surface area contributed by atoms with Gasteiger partial charge in [0.1, 0.15) is 5.82 Å². The quantitative estimate of drug-likeness (QED) is 0.739. The molecule has 0 unspecified atom stereocenters. The molecule has 0 aliphatic carbocycles. The molecule has 0 aromatic carbocycles. The van der Waals surface area contributed by atoms with Crippen molar-refractivity contribution in [2.75, 3.05) is 29.5 Å². The topological polar surface area (TPSA) is 16.1 Å². The van der Waals surface area contributed by atoms with Gasteiger partial charge in [-0.15, -0.1) is 0 Å². The van der Waals surface area contributed by atoms with Crippen LogP contribution in [0.15, 0.2) is 22.8 Å². The lowest BCUT2D eigenvalue weighted by atomic mass is 10.4. The van der Waals surface area contributed by atoms with Gasteiger partial charge in [0.2, 0.25) is 0 Å². The van der Waals surface area contributed by atoms with E-state index in [1.54, 1.807) is 0 Å². The second-order valence-electron chi connectivity index (χ2n) is 2.97. The number of anilines is 1. The van der Waals surface area contributed by atoms with Crippen LogP contribution in [0.25, 0.3) is 0 Å². The molecule has 0 atom stereocenters. The molecule has 2 nitrogen and oxygen atoms in total. The Kier molecular flexibility index (Phi) is 4.01. The molecule has 5 heteroatoms. The van der Waals surface area contributed by atoms with Gasteiger partial charge in [0.25, 0.3) is 0 Å². The number of rotatable bonds is 1. The van der Waals surface area contributed by atoms with Crippen molar-refractivity contribution < 1.29 is 0 Å². The van der Waals surface area contributed by atoms with Crippen molar-refractivity contribution in [3.63, 3.8) is 0 Å². The standard InChI is InChI=1S/C9H11BrN2S2/c10-8-1-2-9(11-7-8)12-3-5-13-14-6-4-12/h1-2,7H,3-6H2. The molecule has 0 radical (unpaired) electrons. The maximum atomic E-state index is 4.40. The molecule has 0 spiro atoms. The van der Waals surface area contributed by atoms with Gasteiger partial charge in [-0.1, -0.05) is 21.6 Å². The minimum Gasteiger partial charge on any atom is -0.355 e. The molecular weight excluding hydrogens is 280 g/mol. The van der Waals surface area contributed by atoms with Gasteiger partial charge in [0, 0.05) is 35.3 Å². The van der Waals surface area contributed by atoms with E-state index in [1.807, 2.05) is 33.9 Å². The van der Waals surface area contributed by atoms with Crippen LogP contribution in [0.4, 0.5) is 5.82 Å². The van der Waals surface area contributed by atoms with Gasteiger partial charge in [-0.3, -0.25) is 0 Å². The predicted octanol–water partition coefficient (Wildman–Crippen LogP) is 3.05. The smallest absolute Gasteiger partial charge is 0.128 e. The Hall–Kier alpha value is 0.130. The Morgan fingerprint density at radius 3 is 2.50 bits per heavy atom. The SMILES string of the molecule is Brc1ccc(N2CCSSCC2)nc1. The first kappa shape index (κ1) is 10.6. The van der Waals surface area contributed by atoms with Gasteiger partial charge < -0.3 is 4.90 Å². The fourth-order valence-electron chi connectivity index (χ4n) is 1.31. The van der Waals surface area contributed by atoms with Crippen LogP contribution in [0, 0.1) is 0 Å². The monoisotopic (exact) mass is 290 g/mol. The third kappa shape index (κ3) is 2.81. The van der Waals surface area contributed by atoms with E-state index in [4.69, 9.17) is 0 Å². The molecule has 1 aliphatic heterocycles. The average molecular weight is 291 g/mol. The molecule has 14 heavy (non-hydrogen) atoms. The maximum absolute atomic E-state index is 4.40. The first-order valence-corrected chi connectivity index (χ1v) is 7.75. The lowest BCUT2D eigenvalue weighted by Gasteiger charge is -2.20. The number of halogens is 1. The average Bonchev–Trinajstić information content (AvgIpc) is 2.47. The second kappa shape index (κ2) is 5.28. The molecule has 2 heterocycles. The summed E-state index contributed by atoms with van der Waals surface area (Å²) in [7, 11) is 3.91. The summed E-state index contributed by atoms with van der Waals surface area (Å²) >= 11 is 3.40. The number of hydrogen-bond donors (Lipinski definition) is 0. The summed E-state index contributed by atoms with van der Waals surface area (Å²) in [6.07, 6.45) is 1.86. The Bertz CT molecular complexity index is 283. The lowest BCUT2D eigenvalue weighted by molar-refractivity contribution is 0.862. The summed E-state index contributed by atoms with van der Waals surface area (Å²) in [4.78, 5) is 6.75. The molecular formula is C9H11BrN2S2. The Morgan fingerprint density at radius 2 is 1.93 bits per heavy atom. The first-order valence-electron chi connectivity index (χ1n) is 4.47. The molecule has 2 rings (SSSR count). The zero-order valence-corrected chi connectivity index (χ0v) is 10.9. The highest BCUT2D eigenvalue weighted by atomic mass is 79.9. The summed E-state index contributed by atoms with van der Waals surface area (Å²) in [6, 6.07) is 4.12. The van der Waals surface area contributed by atoms with E-state index in [1.165, 1.54) is 11.5 Å². The molecule has 1 saturated heterocycles. The minimum atomic E-state index is 1.04. The largest absolute Gasteiger partial charge is 0.355 e. The summed E-state index contributed by atoms with van der Waals surface area (Å²) in [5, 5.41) is 0. The van der Waals surface area contributed by atoms with E-state index in [0.29, 0.717) is 0 Å². The van der Waals surface area contributed by atoms with Gasteiger partial charge in [0.05, 0.1) is 0 Å². The van der Waals surface area contributed by atoms with Crippen LogP contribution in [0.1, 0.15) is 0 Å². The maximum Gasteiger partial charge on any atom is 0.128 e. The van der Waals surface area contributed by atoms with Crippen LogP contribution in [0.3, 0.4) is 0 Å². The van der Waals surface area contributed by atoms with Crippen molar-refractivity contribution in [3.8, 4) is 0 Å². The minimum absolute atomic E-state index is 1.04. The van der Waals surface area contributed by atoms with Crippen molar-refractivity contribution in [1.29, 1.82) is 0 Å². The molecule has 1 fully saturated rings. The Balaban J connectivity index is 2.08. The van der Waals surface area contributed by atoms with Crippen LogP contribution in [0.2, 0.25) is 0 Å².